The van der Waals surface area contributed by atoms with Crippen LogP contribution in [-0.2, 0) is 14.8 Å². The van der Waals surface area contributed by atoms with Crippen molar-refractivity contribution in [1.29, 1.82) is 0 Å². The average Bonchev–Trinajstić information content (AvgIpc) is 2.69. The molecule has 0 aromatic heterocycles. The van der Waals surface area contributed by atoms with Crippen molar-refractivity contribution in [1.82, 2.24) is 0 Å². The third-order valence-electron chi connectivity index (χ3n) is 3.80. The second kappa shape index (κ2) is 8.36. The minimum Gasteiger partial charge on any atom is -0.493 e. The Morgan fingerprint density at radius 3 is 2.50 bits per heavy atom. The average molecular weight is 409 g/mol. The van der Waals surface area contributed by atoms with Gasteiger partial charge in [-0.1, -0.05) is 0 Å². The molecule has 0 radical (unpaired) electrons. The topological polar surface area (TPSA) is 123 Å². The Morgan fingerprint density at radius 2 is 1.82 bits per heavy atom. The maximum atomic E-state index is 12.3. The number of carbonyl (C=O) groups excluding carboxylic acids is 1. The minimum absolute atomic E-state index is 0.00741. The number of nitrogens with two attached hydrogens (primary N) is 1. The first kappa shape index (κ1) is 19.8. The normalized spacial score (nSPS) is 12.9. The Kier molecular flexibility index (Phi) is 5.90. The van der Waals surface area contributed by atoms with Gasteiger partial charge in [0, 0.05) is 0 Å². The highest BCUT2D eigenvalue weighted by atomic mass is 32.2. The number of sulfonamides is 1. The lowest BCUT2D eigenvalue weighted by Gasteiger charge is -2.21. The summed E-state index contributed by atoms with van der Waals surface area (Å²) in [5.74, 6) is 1.11. The lowest BCUT2D eigenvalue weighted by molar-refractivity contribution is 0.0449. The Hall–Kier alpha value is -2.98. The van der Waals surface area contributed by atoms with Gasteiger partial charge in [0.2, 0.25) is 15.8 Å². The second-order valence-electron chi connectivity index (χ2n) is 5.70. The molecule has 0 bridgehead atoms. The number of esters is 1. The summed E-state index contributed by atoms with van der Waals surface area (Å²) < 4.78 is 49.2. The maximum Gasteiger partial charge on any atom is 0.338 e. The van der Waals surface area contributed by atoms with Crippen molar-refractivity contribution in [3.8, 4) is 23.0 Å². The van der Waals surface area contributed by atoms with Crippen molar-refractivity contribution < 1.29 is 36.9 Å². The van der Waals surface area contributed by atoms with E-state index in [2.05, 4.69) is 0 Å². The van der Waals surface area contributed by atoms with E-state index in [4.69, 9.17) is 28.8 Å². The molecule has 2 N–H and O–H groups in total. The monoisotopic (exact) mass is 409 g/mol. The fourth-order valence-corrected chi connectivity index (χ4v) is 3.01. The van der Waals surface area contributed by atoms with Crippen LogP contribution in [0.4, 0.5) is 0 Å². The molecule has 10 heteroatoms. The quantitative estimate of drug-likeness (QED) is 0.537. The summed E-state index contributed by atoms with van der Waals surface area (Å²) >= 11 is 0. The molecular formula is C18H19NO8S. The van der Waals surface area contributed by atoms with Crippen molar-refractivity contribution in [3.05, 3.63) is 42.0 Å². The van der Waals surface area contributed by atoms with Crippen LogP contribution in [0.2, 0.25) is 0 Å². The molecule has 150 valence electrons. The molecule has 9 nitrogen and oxygen atoms in total. The first-order chi connectivity index (χ1) is 13.4. The first-order valence-electron chi connectivity index (χ1n) is 8.29. The summed E-state index contributed by atoms with van der Waals surface area (Å²) in [5.41, 5.74) is 0.263. The van der Waals surface area contributed by atoms with Gasteiger partial charge in [0.15, 0.2) is 11.5 Å². The lowest BCUT2D eigenvalue weighted by atomic mass is 10.1. The number of hydrogen-bond acceptors (Lipinski definition) is 8. The van der Waals surface area contributed by atoms with Crippen LogP contribution < -0.4 is 24.1 Å². The summed E-state index contributed by atoms with van der Waals surface area (Å²) in [5, 5.41) is 5.03. The fraction of sp³-hybridized carbons (Fsp3) is 0.278. The zero-order valence-electron chi connectivity index (χ0n) is 15.0. The molecule has 0 fully saturated rings. The van der Waals surface area contributed by atoms with Crippen molar-refractivity contribution in [2.24, 2.45) is 5.14 Å². The van der Waals surface area contributed by atoms with Crippen molar-refractivity contribution in [2.75, 3.05) is 33.5 Å². The third-order valence-corrected chi connectivity index (χ3v) is 4.73. The summed E-state index contributed by atoms with van der Waals surface area (Å²) in [6, 6.07) is 8.64. The smallest absolute Gasteiger partial charge is 0.338 e. The number of hydrogen-bond donors (Lipinski definition) is 1. The molecule has 0 spiro atoms. The highest BCUT2D eigenvalue weighted by molar-refractivity contribution is 7.89. The van der Waals surface area contributed by atoms with Gasteiger partial charge in [0.1, 0.15) is 32.2 Å². The molecule has 0 atom stereocenters. The molecule has 0 saturated carbocycles. The highest BCUT2D eigenvalue weighted by Gasteiger charge is 2.21. The van der Waals surface area contributed by atoms with Crippen LogP contribution in [-0.4, -0.2) is 47.9 Å². The maximum absolute atomic E-state index is 12.3. The van der Waals surface area contributed by atoms with Crippen LogP contribution in [0.5, 0.6) is 23.0 Å². The Balaban J connectivity index is 1.55. The number of primary sulfonamides is 1. The van der Waals surface area contributed by atoms with Gasteiger partial charge in [-0.15, -0.1) is 0 Å². The van der Waals surface area contributed by atoms with Crippen LogP contribution >= 0.6 is 0 Å². The molecule has 2 aromatic carbocycles. The Bertz CT molecular complexity index is 939. The molecule has 0 amide bonds. The van der Waals surface area contributed by atoms with Gasteiger partial charge in [-0.25, -0.2) is 18.4 Å². The standard InChI is InChI=1S/C18H19NO8S/c1-23-15-10-12(11-16-17(15)26-8-7-25-16)18(20)27-9-6-24-13-2-4-14(5-3-13)28(19,21)22/h2-5,10-11H,6-9H2,1H3,(H2,19,21,22). The van der Waals surface area contributed by atoms with Gasteiger partial charge >= 0.3 is 5.97 Å². The van der Waals surface area contributed by atoms with Gasteiger partial charge in [0.25, 0.3) is 0 Å². The molecule has 0 aliphatic carbocycles. The largest absolute Gasteiger partial charge is 0.493 e. The Morgan fingerprint density at radius 1 is 1.11 bits per heavy atom. The Labute approximate surface area is 162 Å². The van der Waals surface area contributed by atoms with Crippen molar-refractivity contribution in [2.45, 2.75) is 4.90 Å². The third kappa shape index (κ3) is 4.65. The number of fused-ring (bicyclic) bond motifs is 1. The molecule has 2 aromatic rings. The summed E-state index contributed by atoms with van der Waals surface area (Å²) in [7, 11) is -2.28. The molecule has 0 saturated heterocycles. The predicted molar refractivity (Wildman–Crippen MR) is 97.6 cm³/mol. The van der Waals surface area contributed by atoms with Gasteiger partial charge in [-0.3, -0.25) is 0 Å². The fourth-order valence-electron chi connectivity index (χ4n) is 2.49. The summed E-state index contributed by atoms with van der Waals surface area (Å²) in [4.78, 5) is 12.2. The van der Waals surface area contributed by atoms with Gasteiger partial charge in [-0.2, -0.15) is 0 Å². The van der Waals surface area contributed by atoms with E-state index in [1.54, 1.807) is 0 Å². The zero-order chi connectivity index (χ0) is 20.1. The number of rotatable bonds is 7. The molecule has 1 aliphatic rings. The van der Waals surface area contributed by atoms with E-state index >= 15 is 0 Å². The highest BCUT2D eigenvalue weighted by Crippen LogP contribution is 2.40. The SMILES string of the molecule is COc1cc(C(=O)OCCOc2ccc(S(N)(=O)=O)cc2)cc2c1OCCO2. The van der Waals surface area contributed by atoms with Crippen LogP contribution in [0.1, 0.15) is 10.4 Å². The number of carbonyl (C=O) groups is 1. The summed E-state index contributed by atoms with van der Waals surface area (Å²) in [6.45, 7) is 0.865. The van der Waals surface area contributed by atoms with E-state index in [1.165, 1.54) is 43.5 Å². The molecule has 1 heterocycles. The van der Waals surface area contributed by atoms with E-state index in [1.807, 2.05) is 0 Å². The van der Waals surface area contributed by atoms with E-state index in [0.717, 1.165) is 0 Å². The first-order valence-corrected chi connectivity index (χ1v) is 9.83. The van der Waals surface area contributed by atoms with Crippen LogP contribution in [0.25, 0.3) is 0 Å². The second-order valence-corrected chi connectivity index (χ2v) is 7.26. The molecular weight excluding hydrogens is 390 g/mol. The van der Waals surface area contributed by atoms with Crippen LogP contribution in [0.3, 0.4) is 0 Å². The van der Waals surface area contributed by atoms with E-state index in [9.17, 15) is 13.2 Å². The van der Waals surface area contributed by atoms with E-state index < -0.39 is 16.0 Å². The molecule has 28 heavy (non-hydrogen) atoms. The number of ether oxygens (including phenoxy) is 5. The van der Waals surface area contributed by atoms with E-state index in [0.29, 0.717) is 36.2 Å². The van der Waals surface area contributed by atoms with Crippen molar-refractivity contribution >= 4 is 16.0 Å². The molecule has 1 aliphatic heterocycles. The number of benzene rings is 2. The summed E-state index contributed by atoms with van der Waals surface area (Å²) in [6.07, 6.45) is 0. The van der Waals surface area contributed by atoms with Gasteiger partial charge in [-0.05, 0) is 36.4 Å². The van der Waals surface area contributed by atoms with Gasteiger partial charge < -0.3 is 23.7 Å². The van der Waals surface area contributed by atoms with Crippen LogP contribution in [0.15, 0.2) is 41.3 Å². The van der Waals surface area contributed by atoms with Crippen LogP contribution in [0, 0.1) is 0 Å². The van der Waals surface area contributed by atoms with Crippen molar-refractivity contribution in [3.63, 3.8) is 0 Å². The van der Waals surface area contributed by atoms with E-state index in [-0.39, 0.29) is 23.7 Å². The lowest BCUT2D eigenvalue weighted by Crippen LogP contribution is -2.17. The predicted octanol–water partition coefficient (Wildman–Crippen LogP) is 1.35. The zero-order valence-corrected chi connectivity index (χ0v) is 15.9. The molecule has 0 unspecified atom stereocenters. The minimum atomic E-state index is -3.75. The van der Waals surface area contributed by atoms with Gasteiger partial charge in [0.05, 0.1) is 17.6 Å². The number of methoxy groups -OCH3 is 1. The molecule has 3 rings (SSSR count).